The number of carbonyl (C=O) groups excluding carboxylic acids is 2. The molecule has 0 aliphatic heterocycles. The number of amides is 1. The summed E-state index contributed by atoms with van der Waals surface area (Å²) in [5, 5.41) is 3.43. The van der Waals surface area contributed by atoms with Crippen molar-refractivity contribution in [2.75, 3.05) is 20.8 Å². The van der Waals surface area contributed by atoms with Crippen molar-refractivity contribution in [3.05, 3.63) is 27.7 Å². The van der Waals surface area contributed by atoms with Crippen LogP contribution in [-0.2, 0) is 9.53 Å². The van der Waals surface area contributed by atoms with E-state index in [0.717, 1.165) is 25.7 Å². The second-order valence-electron chi connectivity index (χ2n) is 5.82. The predicted octanol–water partition coefficient (Wildman–Crippen LogP) is 3.71. The highest BCUT2D eigenvalue weighted by Crippen LogP contribution is 2.34. The first-order valence-corrected chi connectivity index (χ1v) is 8.63. The molecule has 0 aromatic heterocycles. The minimum Gasteiger partial charge on any atom is -0.494 e. The number of carbonyl (C=O) groups is 2. The van der Waals surface area contributed by atoms with Crippen LogP contribution in [0, 0.1) is 11.8 Å². The van der Waals surface area contributed by atoms with E-state index in [1.807, 2.05) is 0 Å². The molecule has 1 fully saturated rings. The number of rotatable bonds is 5. The molecule has 2 unspecified atom stereocenters. The van der Waals surface area contributed by atoms with Gasteiger partial charge in [0.25, 0.3) is 5.91 Å². The molecule has 2 atom stereocenters. The monoisotopic (exact) mass is 373 g/mol. The minimum atomic E-state index is -0.367. The van der Waals surface area contributed by atoms with Gasteiger partial charge in [0, 0.05) is 6.54 Å². The highest BCUT2D eigenvalue weighted by molar-refractivity contribution is 6.37. The van der Waals surface area contributed by atoms with Crippen LogP contribution >= 0.6 is 23.2 Å². The molecule has 2 rings (SSSR count). The molecule has 1 aliphatic rings. The zero-order valence-electron chi connectivity index (χ0n) is 13.7. The summed E-state index contributed by atoms with van der Waals surface area (Å²) < 4.78 is 10.1. The van der Waals surface area contributed by atoms with Crippen LogP contribution in [0.15, 0.2) is 12.1 Å². The van der Waals surface area contributed by atoms with Gasteiger partial charge >= 0.3 is 5.97 Å². The molecular weight excluding hydrogens is 353 g/mol. The molecule has 7 heteroatoms. The Morgan fingerprint density at radius 2 is 1.83 bits per heavy atom. The topological polar surface area (TPSA) is 64.6 Å². The van der Waals surface area contributed by atoms with Crippen molar-refractivity contribution >= 4 is 35.1 Å². The van der Waals surface area contributed by atoms with Crippen molar-refractivity contribution < 1.29 is 19.1 Å². The van der Waals surface area contributed by atoms with Gasteiger partial charge in [0.15, 0.2) is 5.75 Å². The average Bonchev–Trinajstić information content (AvgIpc) is 2.60. The standard InChI is InChI=1S/C17H21Cl2NO4/c1-23-15-13(19)8-7-12(18)14(15)16(21)20-9-10-5-3-4-6-11(10)17(22)24-2/h7-8,10-11H,3-6,9H2,1-2H3,(H,20,21). The molecule has 1 aromatic rings. The van der Waals surface area contributed by atoms with Crippen molar-refractivity contribution in [2.24, 2.45) is 11.8 Å². The van der Waals surface area contributed by atoms with Gasteiger partial charge in [0.05, 0.1) is 30.2 Å². The van der Waals surface area contributed by atoms with Crippen LogP contribution in [0.4, 0.5) is 0 Å². The summed E-state index contributed by atoms with van der Waals surface area (Å²) in [5.41, 5.74) is 0.206. The molecule has 1 aromatic carbocycles. The second kappa shape index (κ2) is 8.58. The van der Waals surface area contributed by atoms with Crippen molar-refractivity contribution in [1.82, 2.24) is 5.32 Å². The molecule has 1 amide bonds. The van der Waals surface area contributed by atoms with Crippen molar-refractivity contribution in [3.8, 4) is 5.75 Å². The quantitative estimate of drug-likeness (QED) is 0.798. The first-order chi connectivity index (χ1) is 11.5. The second-order valence-corrected chi connectivity index (χ2v) is 6.64. The van der Waals surface area contributed by atoms with E-state index in [1.54, 1.807) is 12.1 Å². The fraction of sp³-hybridized carbons (Fsp3) is 0.529. The molecule has 0 saturated heterocycles. The maximum Gasteiger partial charge on any atom is 0.309 e. The van der Waals surface area contributed by atoms with Gasteiger partial charge in [-0.2, -0.15) is 0 Å². The lowest BCUT2D eigenvalue weighted by atomic mass is 9.79. The van der Waals surface area contributed by atoms with E-state index in [1.165, 1.54) is 14.2 Å². The molecule has 1 N–H and O–H groups in total. The Bertz CT molecular complexity index is 621. The molecule has 5 nitrogen and oxygen atoms in total. The van der Waals surface area contributed by atoms with Gasteiger partial charge in [-0.25, -0.2) is 0 Å². The van der Waals surface area contributed by atoms with E-state index in [-0.39, 0.29) is 40.0 Å². The molecule has 0 bridgehead atoms. The SMILES string of the molecule is COC(=O)C1CCCCC1CNC(=O)c1c(Cl)ccc(Cl)c1OC. The van der Waals surface area contributed by atoms with E-state index in [2.05, 4.69) is 5.32 Å². The van der Waals surface area contributed by atoms with Crippen LogP contribution in [0.2, 0.25) is 10.0 Å². The first-order valence-electron chi connectivity index (χ1n) is 7.87. The minimum absolute atomic E-state index is 0.0547. The number of hydrogen-bond donors (Lipinski definition) is 1. The first kappa shape index (κ1) is 18.9. The van der Waals surface area contributed by atoms with Gasteiger partial charge in [-0.05, 0) is 30.9 Å². The summed E-state index contributed by atoms with van der Waals surface area (Å²) >= 11 is 12.2. The van der Waals surface area contributed by atoms with Crippen LogP contribution in [0.3, 0.4) is 0 Å². The number of hydrogen-bond acceptors (Lipinski definition) is 4. The van der Waals surface area contributed by atoms with Gasteiger partial charge in [-0.15, -0.1) is 0 Å². The van der Waals surface area contributed by atoms with E-state index in [9.17, 15) is 9.59 Å². The largest absolute Gasteiger partial charge is 0.494 e. The molecule has 0 spiro atoms. The van der Waals surface area contributed by atoms with Crippen LogP contribution in [-0.4, -0.2) is 32.6 Å². The normalized spacial score (nSPS) is 20.3. The van der Waals surface area contributed by atoms with Gasteiger partial charge in [0.2, 0.25) is 0 Å². The zero-order chi connectivity index (χ0) is 17.7. The van der Waals surface area contributed by atoms with Gasteiger partial charge in [0.1, 0.15) is 5.56 Å². The maximum absolute atomic E-state index is 12.5. The Morgan fingerprint density at radius 3 is 2.50 bits per heavy atom. The smallest absolute Gasteiger partial charge is 0.309 e. The van der Waals surface area contributed by atoms with Crippen molar-refractivity contribution in [1.29, 1.82) is 0 Å². The summed E-state index contributed by atoms with van der Waals surface area (Å²) in [6, 6.07) is 3.13. The number of esters is 1. The average molecular weight is 374 g/mol. The Morgan fingerprint density at radius 1 is 1.17 bits per heavy atom. The molecular formula is C17H21Cl2NO4. The van der Waals surface area contributed by atoms with Crippen LogP contribution in [0.5, 0.6) is 5.75 Å². The molecule has 24 heavy (non-hydrogen) atoms. The van der Waals surface area contributed by atoms with Crippen LogP contribution < -0.4 is 10.1 Å². The molecule has 0 radical (unpaired) electrons. The molecule has 1 saturated carbocycles. The number of ether oxygens (including phenoxy) is 2. The summed E-state index contributed by atoms with van der Waals surface area (Å²) in [7, 11) is 2.83. The highest BCUT2D eigenvalue weighted by atomic mass is 35.5. The number of methoxy groups -OCH3 is 2. The summed E-state index contributed by atoms with van der Waals surface area (Å²) in [6.07, 6.45) is 3.70. The van der Waals surface area contributed by atoms with Crippen molar-refractivity contribution in [2.45, 2.75) is 25.7 Å². The summed E-state index contributed by atoms with van der Waals surface area (Å²) in [5.74, 6) is -0.462. The molecule has 0 heterocycles. The van der Waals surface area contributed by atoms with E-state index < -0.39 is 0 Å². The van der Waals surface area contributed by atoms with Crippen LogP contribution in [0.25, 0.3) is 0 Å². The zero-order valence-corrected chi connectivity index (χ0v) is 15.2. The fourth-order valence-electron chi connectivity index (χ4n) is 3.17. The third-order valence-corrected chi connectivity index (χ3v) is 5.04. The number of halogens is 2. The van der Waals surface area contributed by atoms with Gasteiger partial charge in [-0.1, -0.05) is 36.0 Å². The number of nitrogens with one attached hydrogen (secondary N) is 1. The fourth-order valence-corrected chi connectivity index (χ4v) is 3.64. The Hall–Kier alpha value is -1.46. The van der Waals surface area contributed by atoms with Gasteiger partial charge in [-0.3, -0.25) is 9.59 Å². The lowest BCUT2D eigenvalue weighted by Gasteiger charge is -2.29. The van der Waals surface area contributed by atoms with Crippen molar-refractivity contribution in [3.63, 3.8) is 0 Å². The van der Waals surface area contributed by atoms with E-state index >= 15 is 0 Å². The van der Waals surface area contributed by atoms with Gasteiger partial charge < -0.3 is 14.8 Å². The Balaban J connectivity index is 2.10. The molecule has 1 aliphatic carbocycles. The molecule has 132 valence electrons. The predicted molar refractivity (Wildman–Crippen MR) is 92.8 cm³/mol. The third-order valence-electron chi connectivity index (χ3n) is 4.43. The number of benzene rings is 1. The third kappa shape index (κ3) is 4.14. The van der Waals surface area contributed by atoms with E-state index in [4.69, 9.17) is 32.7 Å². The lowest BCUT2D eigenvalue weighted by molar-refractivity contribution is -0.148. The summed E-state index contributed by atoms with van der Waals surface area (Å²) in [4.78, 5) is 24.4. The summed E-state index contributed by atoms with van der Waals surface area (Å²) in [6.45, 7) is 0.380. The Kier molecular flexibility index (Phi) is 6.75. The highest BCUT2D eigenvalue weighted by Gasteiger charge is 2.32. The lowest BCUT2D eigenvalue weighted by Crippen LogP contribution is -2.37. The maximum atomic E-state index is 12.5. The van der Waals surface area contributed by atoms with Crippen LogP contribution in [0.1, 0.15) is 36.0 Å². The van der Waals surface area contributed by atoms with E-state index in [0.29, 0.717) is 11.6 Å². The Labute approximate surface area is 151 Å².